The number of amides is 1. The fourth-order valence-electron chi connectivity index (χ4n) is 3.79. The third kappa shape index (κ3) is 3.93. The molecule has 7 nitrogen and oxygen atoms in total. The molecule has 7 heteroatoms. The van der Waals surface area contributed by atoms with Gasteiger partial charge in [-0.05, 0) is 51.7 Å². The zero-order valence-electron chi connectivity index (χ0n) is 16.7. The number of piperidine rings is 1. The predicted molar refractivity (Wildman–Crippen MR) is 106 cm³/mol. The van der Waals surface area contributed by atoms with Crippen LogP contribution in [-0.4, -0.2) is 45.5 Å². The lowest BCUT2D eigenvalue weighted by Gasteiger charge is -2.35. The van der Waals surface area contributed by atoms with Crippen molar-refractivity contribution in [2.75, 3.05) is 13.2 Å². The average Bonchev–Trinajstić information content (AvgIpc) is 2.71. The number of hydrogen-bond acceptors (Lipinski definition) is 5. The maximum atomic E-state index is 12.7. The number of likely N-dealkylation sites (tertiary alicyclic amines) is 1. The van der Waals surface area contributed by atoms with Gasteiger partial charge in [-0.1, -0.05) is 6.92 Å². The largest absolute Gasteiger partial charge is 0.452 e. The summed E-state index contributed by atoms with van der Waals surface area (Å²) < 4.78 is 6.97. The van der Waals surface area contributed by atoms with Gasteiger partial charge in [-0.15, -0.1) is 0 Å². The van der Waals surface area contributed by atoms with Gasteiger partial charge in [0.05, 0.1) is 5.39 Å². The van der Waals surface area contributed by atoms with E-state index in [0.717, 1.165) is 31.4 Å². The van der Waals surface area contributed by atoms with Crippen molar-refractivity contribution >= 4 is 22.9 Å². The van der Waals surface area contributed by atoms with E-state index in [0.29, 0.717) is 24.1 Å². The van der Waals surface area contributed by atoms with Crippen molar-refractivity contribution in [3.8, 4) is 0 Å². The topological polar surface area (TPSA) is 81.5 Å². The van der Waals surface area contributed by atoms with Crippen LogP contribution in [0.25, 0.3) is 11.0 Å². The number of aromatic nitrogens is 2. The Morgan fingerprint density at radius 1 is 1.25 bits per heavy atom. The number of carbonyl (C=O) groups excluding carboxylic acids is 2. The third-order valence-corrected chi connectivity index (χ3v) is 5.37. The predicted octanol–water partition coefficient (Wildman–Crippen LogP) is 2.67. The summed E-state index contributed by atoms with van der Waals surface area (Å²) in [6.07, 6.45) is 5.42. The lowest BCUT2D eigenvalue weighted by molar-refractivity contribution is -0.138. The summed E-state index contributed by atoms with van der Waals surface area (Å²) in [6, 6.07) is 3.62. The molecule has 0 spiro atoms. The number of ether oxygens (including phenoxy) is 1. The number of carbonyl (C=O) groups is 2. The molecule has 1 saturated heterocycles. The lowest BCUT2D eigenvalue weighted by Crippen LogP contribution is -2.45. The van der Waals surface area contributed by atoms with Crippen LogP contribution >= 0.6 is 0 Å². The van der Waals surface area contributed by atoms with Gasteiger partial charge in [0.15, 0.2) is 6.61 Å². The zero-order chi connectivity index (χ0) is 20.3. The van der Waals surface area contributed by atoms with Crippen LogP contribution in [0.2, 0.25) is 0 Å². The minimum absolute atomic E-state index is 0.0708. The molecule has 0 bridgehead atoms. The van der Waals surface area contributed by atoms with Crippen LogP contribution in [0.4, 0.5) is 0 Å². The van der Waals surface area contributed by atoms with Crippen molar-refractivity contribution in [3.05, 3.63) is 39.8 Å². The Morgan fingerprint density at radius 3 is 2.75 bits per heavy atom. The molecular weight excluding hydrogens is 358 g/mol. The first-order chi connectivity index (χ1) is 13.5. The molecule has 0 aliphatic carbocycles. The molecule has 28 heavy (non-hydrogen) atoms. The van der Waals surface area contributed by atoms with Crippen LogP contribution in [0.3, 0.4) is 0 Å². The van der Waals surface area contributed by atoms with E-state index in [1.165, 1.54) is 6.20 Å². The molecule has 0 aromatic carbocycles. The second-order valence-corrected chi connectivity index (χ2v) is 7.20. The summed E-state index contributed by atoms with van der Waals surface area (Å²) in [6.45, 7) is 6.72. The molecule has 0 saturated carbocycles. The summed E-state index contributed by atoms with van der Waals surface area (Å²) in [7, 11) is 0. The second-order valence-electron chi connectivity index (χ2n) is 7.20. The molecule has 3 rings (SSSR count). The van der Waals surface area contributed by atoms with Gasteiger partial charge in [-0.25, -0.2) is 9.78 Å². The van der Waals surface area contributed by atoms with Gasteiger partial charge in [0.25, 0.3) is 5.91 Å². The molecule has 2 aromatic heterocycles. The normalized spacial score (nSPS) is 17.0. The Balaban J connectivity index is 1.80. The smallest absolute Gasteiger partial charge is 0.344 e. The highest BCUT2D eigenvalue weighted by Gasteiger charge is 2.26. The first-order valence-corrected chi connectivity index (χ1v) is 9.93. The van der Waals surface area contributed by atoms with Gasteiger partial charge in [-0.3, -0.25) is 9.59 Å². The van der Waals surface area contributed by atoms with Gasteiger partial charge < -0.3 is 14.2 Å². The number of fused-ring (bicyclic) bond motifs is 1. The molecule has 1 unspecified atom stereocenters. The highest BCUT2D eigenvalue weighted by atomic mass is 16.5. The van der Waals surface area contributed by atoms with Crippen LogP contribution in [0, 0.1) is 6.92 Å². The van der Waals surface area contributed by atoms with Crippen molar-refractivity contribution in [2.24, 2.45) is 0 Å². The monoisotopic (exact) mass is 385 g/mol. The van der Waals surface area contributed by atoms with Crippen molar-refractivity contribution in [3.63, 3.8) is 0 Å². The van der Waals surface area contributed by atoms with Crippen molar-refractivity contribution < 1.29 is 14.3 Å². The van der Waals surface area contributed by atoms with E-state index in [4.69, 9.17) is 4.74 Å². The van der Waals surface area contributed by atoms with Crippen LogP contribution in [0.5, 0.6) is 0 Å². The van der Waals surface area contributed by atoms with E-state index in [9.17, 15) is 14.4 Å². The molecule has 1 atom stereocenters. The molecule has 0 radical (unpaired) electrons. The highest BCUT2D eigenvalue weighted by molar-refractivity contribution is 5.94. The van der Waals surface area contributed by atoms with Crippen LogP contribution in [0.15, 0.2) is 23.1 Å². The van der Waals surface area contributed by atoms with Crippen LogP contribution in [-0.2, 0) is 16.1 Å². The Kier molecular flexibility index (Phi) is 6.11. The number of hydrogen-bond donors (Lipinski definition) is 0. The summed E-state index contributed by atoms with van der Waals surface area (Å²) >= 11 is 0. The SMILES string of the molecule is CCC1CCCCN1C(=O)COC(=O)c1cn(CC)c2nc(C)ccc2c1=O. The standard InChI is InChI=1S/C21H27N3O4/c1-4-15-8-6-7-11-24(15)18(25)13-28-21(27)17-12-23(5-2)20-16(19(17)26)10-9-14(3)22-20/h9-10,12,15H,4-8,11,13H2,1-3H3. The summed E-state index contributed by atoms with van der Waals surface area (Å²) in [4.78, 5) is 44.0. The van der Waals surface area contributed by atoms with Gasteiger partial charge in [0.1, 0.15) is 11.2 Å². The average molecular weight is 385 g/mol. The Morgan fingerprint density at radius 2 is 2.04 bits per heavy atom. The minimum atomic E-state index is -0.770. The fourth-order valence-corrected chi connectivity index (χ4v) is 3.79. The highest BCUT2D eigenvalue weighted by Crippen LogP contribution is 2.19. The second kappa shape index (κ2) is 8.54. The molecule has 0 N–H and O–H groups in total. The number of rotatable bonds is 5. The van der Waals surface area contributed by atoms with Crippen LogP contribution < -0.4 is 5.43 Å². The molecule has 1 aliphatic rings. The van der Waals surface area contributed by atoms with Crippen LogP contribution in [0.1, 0.15) is 55.6 Å². The van der Waals surface area contributed by atoms with Gasteiger partial charge in [-0.2, -0.15) is 0 Å². The maximum absolute atomic E-state index is 12.7. The Hall–Kier alpha value is -2.70. The zero-order valence-corrected chi connectivity index (χ0v) is 16.7. The number of aryl methyl sites for hydroxylation is 2. The molecular formula is C21H27N3O4. The van der Waals surface area contributed by atoms with E-state index in [1.54, 1.807) is 21.6 Å². The van der Waals surface area contributed by atoms with Gasteiger partial charge in [0, 0.05) is 31.0 Å². The number of nitrogens with zero attached hydrogens (tertiary/aromatic N) is 3. The first-order valence-electron chi connectivity index (χ1n) is 9.93. The third-order valence-electron chi connectivity index (χ3n) is 5.37. The molecule has 1 amide bonds. The van der Waals surface area contributed by atoms with Gasteiger partial charge >= 0.3 is 5.97 Å². The maximum Gasteiger partial charge on any atom is 0.344 e. The minimum Gasteiger partial charge on any atom is -0.452 e. The van der Waals surface area contributed by atoms with E-state index in [-0.39, 0.29) is 24.1 Å². The Bertz CT molecular complexity index is 951. The molecule has 150 valence electrons. The quantitative estimate of drug-likeness (QED) is 0.739. The first kappa shape index (κ1) is 20.0. The van der Waals surface area contributed by atoms with E-state index in [2.05, 4.69) is 11.9 Å². The lowest BCUT2D eigenvalue weighted by atomic mass is 10.00. The van der Waals surface area contributed by atoms with E-state index >= 15 is 0 Å². The Labute approximate surface area is 164 Å². The van der Waals surface area contributed by atoms with E-state index in [1.807, 2.05) is 13.8 Å². The summed E-state index contributed by atoms with van der Waals surface area (Å²) in [5.41, 5.74) is 0.841. The molecule has 2 aromatic rings. The fraction of sp³-hybridized carbons (Fsp3) is 0.524. The van der Waals surface area contributed by atoms with Crippen molar-refractivity contribution in [1.29, 1.82) is 0 Å². The molecule has 1 fully saturated rings. The summed E-state index contributed by atoms with van der Waals surface area (Å²) in [5.74, 6) is -0.970. The van der Waals surface area contributed by atoms with Gasteiger partial charge in [0.2, 0.25) is 5.43 Å². The molecule has 3 heterocycles. The van der Waals surface area contributed by atoms with E-state index < -0.39 is 11.4 Å². The van der Waals surface area contributed by atoms with Crippen molar-refractivity contribution in [1.82, 2.24) is 14.5 Å². The van der Waals surface area contributed by atoms with Crippen molar-refractivity contribution in [2.45, 2.75) is 59.0 Å². The number of esters is 1. The summed E-state index contributed by atoms with van der Waals surface area (Å²) in [5, 5.41) is 0.371. The number of pyridine rings is 2. The molecule has 1 aliphatic heterocycles.